The number of carbonyl (C=O) groups is 2. The first-order chi connectivity index (χ1) is 18.2. The van der Waals surface area contributed by atoms with Crippen LogP contribution in [-0.2, 0) is 17.8 Å². The molecule has 3 heterocycles. The second kappa shape index (κ2) is 11.9. The van der Waals surface area contributed by atoms with Gasteiger partial charge in [-0.25, -0.2) is 0 Å². The summed E-state index contributed by atoms with van der Waals surface area (Å²) >= 11 is 1.58. The van der Waals surface area contributed by atoms with Crippen molar-refractivity contribution in [3.05, 3.63) is 89.1 Å². The Morgan fingerprint density at radius 2 is 1.78 bits per heavy atom. The molecule has 2 amide bonds. The molecule has 37 heavy (non-hydrogen) atoms. The van der Waals surface area contributed by atoms with Crippen LogP contribution in [0.25, 0.3) is 10.7 Å². The number of benzene rings is 2. The van der Waals surface area contributed by atoms with E-state index >= 15 is 0 Å². The molecule has 5 rings (SSSR count). The van der Waals surface area contributed by atoms with Crippen LogP contribution in [0.5, 0.6) is 0 Å². The molecule has 1 fully saturated rings. The van der Waals surface area contributed by atoms with Crippen molar-refractivity contribution < 1.29 is 14.1 Å². The Bertz CT molecular complexity index is 1310. The molecular weight excluding hydrogens is 486 g/mol. The van der Waals surface area contributed by atoms with Gasteiger partial charge in [-0.3, -0.25) is 14.5 Å². The quantitative estimate of drug-likeness (QED) is 0.337. The molecular formula is C28H29N5O3S. The van der Waals surface area contributed by atoms with E-state index in [4.69, 9.17) is 4.52 Å². The van der Waals surface area contributed by atoms with Gasteiger partial charge in [-0.2, -0.15) is 4.98 Å². The summed E-state index contributed by atoms with van der Waals surface area (Å²) in [6.07, 6.45) is 2.20. The number of nitrogens with one attached hydrogen (secondary N) is 2. The van der Waals surface area contributed by atoms with Gasteiger partial charge >= 0.3 is 0 Å². The van der Waals surface area contributed by atoms with E-state index in [0.29, 0.717) is 36.1 Å². The average Bonchev–Trinajstić information content (AvgIpc) is 3.62. The number of piperidine rings is 1. The first-order valence-corrected chi connectivity index (χ1v) is 13.3. The number of aromatic nitrogens is 2. The van der Waals surface area contributed by atoms with Crippen LogP contribution in [0.1, 0.15) is 34.7 Å². The SMILES string of the molecule is O=C(NCCc1ccccc1)c1ccccc1NC(=O)C1CCN(Cc2nc(-c3cccs3)no2)CC1. The molecule has 0 saturated carbocycles. The van der Waals surface area contributed by atoms with Crippen molar-refractivity contribution in [3.63, 3.8) is 0 Å². The molecule has 2 aromatic heterocycles. The Morgan fingerprint density at radius 1 is 1.00 bits per heavy atom. The largest absolute Gasteiger partial charge is 0.352 e. The second-order valence-electron chi connectivity index (χ2n) is 9.07. The molecule has 2 N–H and O–H groups in total. The van der Waals surface area contributed by atoms with Crippen LogP contribution in [0.2, 0.25) is 0 Å². The Labute approximate surface area is 219 Å². The molecule has 0 aliphatic carbocycles. The predicted molar refractivity (Wildman–Crippen MR) is 143 cm³/mol. The molecule has 1 aliphatic heterocycles. The van der Waals surface area contributed by atoms with E-state index in [1.807, 2.05) is 60.0 Å². The maximum absolute atomic E-state index is 13.0. The lowest BCUT2D eigenvalue weighted by molar-refractivity contribution is -0.121. The van der Waals surface area contributed by atoms with Gasteiger partial charge in [0.25, 0.3) is 5.91 Å². The molecule has 1 aliphatic rings. The van der Waals surface area contributed by atoms with Gasteiger partial charge in [0.15, 0.2) is 0 Å². The van der Waals surface area contributed by atoms with E-state index in [2.05, 4.69) is 25.7 Å². The highest BCUT2D eigenvalue weighted by Crippen LogP contribution is 2.24. The molecule has 0 bridgehead atoms. The first-order valence-electron chi connectivity index (χ1n) is 12.5. The van der Waals surface area contributed by atoms with Crippen molar-refractivity contribution in [2.45, 2.75) is 25.8 Å². The maximum atomic E-state index is 13.0. The standard InChI is InChI=1S/C28H29N5O3S/c34-27(21-13-16-33(17-14-21)19-25-31-26(32-36-25)24-11-6-18-37-24)30-23-10-5-4-9-22(23)28(35)29-15-12-20-7-2-1-3-8-20/h1-11,18,21H,12-17,19H2,(H,29,35)(H,30,34). The van der Waals surface area contributed by atoms with Crippen LogP contribution in [-0.4, -0.2) is 46.5 Å². The number of hydrogen-bond acceptors (Lipinski definition) is 7. The topological polar surface area (TPSA) is 100 Å². The van der Waals surface area contributed by atoms with Crippen LogP contribution in [0.15, 0.2) is 76.6 Å². The molecule has 0 spiro atoms. The van der Waals surface area contributed by atoms with Gasteiger partial charge in [-0.1, -0.05) is 53.7 Å². The van der Waals surface area contributed by atoms with Crippen molar-refractivity contribution in [2.75, 3.05) is 25.0 Å². The smallest absolute Gasteiger partial charge is 0.253 e. The zero-order valence-corrected chi connectivity index (χ0v) is 21.2. The summed E-state index contributed by atoms with van der Waals surface area (Å²) in [7, 11) is 0. The van der Waals surface area contributed by atoms with Gasteiger partial charge in [0.1, 0.15) is 0 Å². The minimum Gasteiger partial charge on any atom is -0.352 e. The molecule has 0 atom stereocenters. The molecule has 9 heteroatoms. The highest BCUT2D eigenvalue weighted by Gasteiger charge is 2.27. The van der Waals surface area contributed by atoms with Crippen LogP contribution in [0.4, 0.5) is 5.69 Å². The zero-order valence-electron chi connectivity index (χ0n) is 20.4. The maximum Gasteiger partial charge on any atom is 0.253 e. The summed E-state index contributed by atoms with van der Waals surface area (Å²) in [5.74, 6) is 0.834. The second-order valence-corrected chi connectivity index (χ2v) is 10.0. The van der Waals surface area contributed by atoms with E-state index in [1.165, 1.54) is 0 Å². The van der Waals surface area contributed by atoms with Crippen molar-refractivity contribution >= 4 is 28.8 Å². The minimum atomic E-state index is -0.192. The molecule has 8 nitrogen and oxygen atoms in total. The van der Waals surface area contributed by atoms with Gasteiger partial charge < -0.3 is 15.2 Å². The lowest BCUT2D eigenvalue weighted by atomic mass is 9.95. The summed E-state index contributed by atoms with van der Waals surface area (Å²) in [4.78, 5) is 33.6. The number of anilines is 1. The number of likely N-dealkylation sites (tertiary alicyclic amines) is 1. The number of rotatable bonds is 9. The fraction of sp³-hybridized carbons (Fsp3) is 0.286. The zero-order chi connectivity index (χ0) is 25.5. The van der Waals surface area contributed by atoms with Crippen LogP contribution < -0.4 is 10.6 Å². The third-order valence-corrected chi connectivity index (χ3v) is 7.36. The molecule has 4 aromatic rings. The van der Waals surface area contributed by atoms with Crippen LogP contribution in [0.3, 0.4) is 0 Å². The van der Waals surface area contributed by atoms with Crippen molar-refractivity contribution in [1.29, 1.82) is 0 Å². The van der Waals surface area contributed by atoms with E-state index in [1.54, 1.807) is 23.5 Å². The normalized spacial score (nSPS) is 14.4. The lowest BCUT2D eigenvalue weighted by Crippen LogP contribution is -2.38. The summed E-state index contributed by atoms with van der Waals surface area (Å²) in [5, 5.41) is 12.0. The fourth-order valence-corrected chi connectivity index (χ4v) is 5.10. The molecule has 190 valence electrons. The lowest BCUT2D eigenvalue weighted by Gasteiger charge is -2.30. The van der Waals surface area contributed by atoms with Gasteiger partial charge in [-0.05, 0) is 61.5 Å². The van der Waals surface area contributed by atoms with E-state index in [0.717, 1.165) is 42.8 Å². The van der Waals surface area contributed by atoms with Gasteiger partial charge in [-0.15, -0.1) is 11.3 Å². The number of thiophene rings is 1. The Hall–Kier alpha value is -3.82. The number of carbonyl (C=O) groups excluding carboxylic acids is 2. The number of para-hydroxylation sites is 1. The van der Waals surface area contributed by atoms with E-state index < -0.39 is 0 Å². The number of hydrogen-bond donors (Lipinski definition) is 2. The Kier molecular flexibility index (Phi) is 8.02. The van der Waals surface area contributed by atoms with Gasteiger partial charge in [0, 0.05) is 12.5 Å². The molecule has 1 saturated heterocycles. The fourth-order valence-electron chi connectivity index (χ4n) is 4.45. The van der Waals surface area contributed by atoms with E-state index in [-0.39, 0.29) is 17.7 Å². The van der Waals surface area contributed by atoms with Crippen molar-refractivity contribution in [2.24, 2.45) is 5.92 Å². The Balaban J connectivity index is 1.11. The van der Waals surface area contributed by atoms with Crippen molar-refractivity contribution in [3.8, 4) is 10.7 Å². The number of nitrogens with zero attached hydrogens (tertiary/aromatic N) is 3. The Morgan fingerprint density at radius 3 is 2.57 bits per heavy atom. The highest BCUT2D eigenvalue weighted by molar-refractivity contribution is 7.13. The molecule has 0 radical (unpaired) electrons. The first kappa shape index (κ1) is 24.9. The monoisotopic (exact) mass is 515 g/mol. The molecule has 2 aromatic carbocycles. The van der Waals surface area contributed by atoms with Crippen molar-refractivity contribution in [1.82, 2.24) is 20.4 Å². The minimum absolute atomic E-state index is 0.0537. The summed E-state index contributed by atoms with van der Waals surface area (Å²) < 4.78 is 5.42. The highest BCUT2D eigenvalue weighted by atomic mass is 32.1. The van der Waals surface area contributed by atoms with E-state index in [9.17, 15) is 9.59 Å². The summed E-state index contributed by atoms with van der Waals surface area (Å²) in [5.41, 5.74) is 2.18. The third-order valence-electron chi connectivity index (χ3n) is 6.50. The summed E-state index contributed by atoms with van der Waals surface area (Å²) in [6, 6.07) is 21.1. The number of amides is 2. The van der Waals surface area contributed by atoms with Crippen LogP contribution >= 0.6 is 11.3 Å². The van der Waals surface area contributed by atoms with Crippen LogP contribution in [0, 0.1) is 5.92 Å². The summed E-state index contributed by atoms with van der Waals surface area (Å²) in [6.45, 7) is 2.62. The van der Waals surface area contributed by atoms with Gasteiger partial charge in [0.05, 0.1) is 22.7 Å². The third kappa shape index (κ3) is 6.49. The molecule has 0 unspecified atom stereocenters. The van der Waals surface area contributed by atoms with Gasteiger partial charge in [0.2, 0.25) is 17.6 Å². The predicted octanol–water partition coefficient (Wildman–Crippen LogP) is 4.62. The average molecular weight is 516 g/mol.